The third kappa shape index (κ3) is 5.02. The predicted octanol–water partition coefficient (Wildman–Crippen LogP) is 2.74. The van der Waals surface area contributed by atoms with Gasteiger partial charge in [0.25, 0.3) is 0 Å². The average Bonchev–Trinajstić information content (AvgIpc) is 2.26. The molecule has 0 atom stereocenters. The van der Waals surface area contributed by atoms with E-state index in [2.05, 4.69) is 10.1 Å². The average molecular weight is 233 g/mol. The predicted molar refractivity (Wildman–Crippen MR) is 55.4 cm³/mol. The summed E-state index contributed by atoms with van der Waals surface area (Å²) >= 11 is 0. The Balaban J connectivity index is 2.33. The summed E-state index contributed by atoms with van der Waals surface area (Å²) in [6.07, 6.45) is 0.479. The molecule has 0 saturated carbocycles. The lowest BCUT2D eigenvalue weighted by atomic mass is 10.2. The molecular weight excluding hydrogens is 219 g/mol. The number of halogens is 3. The first-order valence-corrected chi connectivity index (χ1v) is 5.03. The van der Waals surface area contributed by atoms with Gasteiger partial charge in [-0.25, -0.2) is 0 Å². The van der Waals surface area contributed by atoms with Gasteiger partial charge in [-0.05, 0) is 30.7 Å². The van der Waals surface area contributed by atoms with Gasteiger partial charge in [0, 0.05) is 6.54 Å². The number of rotatable bonds is 7. The van der Waals surface area contributed by atoms with E-state index in [0.29, 0.717) is 19.5 Å². The van der Waals surface area contributed by atoms with Gasteiger partial charge in [0.05, 0.1) is 6.67 Å². The summed E-state index contributed by atoms with van der Waals surface area (Å²) in [6, 6.07) is 6.36. The molecule has 2 nitrogen and oxygen atoms in total. The number of benzene rings is 1. The monoisotopic (exact) mass is 233 g/mol. The van der Waals surface area contributed by atoms with Crippen molar-refractivity contribution >= 4 is 0 Å². The Morgan fingerprint density at radius 2 is 1.88 bits per heavy atom. The van der Waals surface area contributed by atoms with E-state index in [1.54, 1.807) is 12.1 Å². The molecule has 1 aromatic carbocycles. The van der Waals surface area contributed by atoms with Crippen molar-refractivity contribution in [1.82, 2.24) is 5.32 Å². The standard InChI is InChI=1S/C11H14F3NO/c12-6-1-7-15-8-9-2-4-10(5-3-9)16-11(13)14/h2-5,11,15H,1,6-8H2. The number of hydrogen-bond acceptors (Lipinski definition) is 2. The minimum Gasteiger partial charge on any atom is -0.435 e. The molecule has 1 rings (SSSR count). The SMILES string of the molecule is FCCCNCc1ccc(OC(F)F)cc1. The zero-order chi connectivity index (χ0) is 11.8. The molecule has 1 aromatic rings. The summed E-state index contributed by atoms with van der Waals surface area (Å²) in [6.45, 7) is -1.94. The quantitative estimate of drug-likeness (QED) is 0.731. The zero-order valence-corrected chi connectivity index (χ0v) is 8.76. The van der Waals surface area contributed by atoms with E-state index in [1.807, 2.05) is 0 Å². The van der Waals surface area contributed by atoms with Crippen LogP contribution in [0.1, 0.15) is 12.0 Å². The molecule has 5 heteroatoms. The van der Waals surface area contributed by atoms with Gasteiger partial charge in [0.15, 0.2) is 0 Å². The van der Waals surface area contributed by atoms with Crippen LogP contribution in [0.5, 0.6) is 5.75 Å². The first kappa shape index (κ1) is 12.8. The molecule has 0 spiro atoms. The number of ether oxygens (including phenoxy) is 1. The second-order valence-corrected chi connectivity index (χ2v) is 3.24. The van der Waals surface area contributed by atoms with Crippen LogP contribution in [0.25, 0.3) is 0 Å². The van der Waals surface area contributed by atoms with Crippen molar-refractivity contribution in [3.8, 4) is 5.75 Å². The van der Waals surface area contributed by atoms with Crippen molar-refractivity contribution in [2.45, 2.75) is 19.6 Å². The molecular formula is C11H14F3NO. The summed E-state index contributed by atoms with van der Waals surface area (Å²) in [4.78, 5) is 0. The van der Waals surface area contributed by atoms with Gasteiger partial charge in [-0.1, -0.05) is 12.1 Å². The topological polar surface area (TPSA) is 21.3 Å². The van der Waals surface area contributed by atoms with Gasteiger partial charge in [-0.3, -0.25) is 4.39 Å². The van der Waals surface area contributed by atoms with E-state index in [4.69, 9.17) is 0 Å². The van der Waals surface area contributed by atoms with Gasteiger partial charge in [0.1, 0.15) is 5.75 Å². The van der Waals surface area contributed by atoms with Crippen molar-refractivity contribution in [3.05, 3.63) is 29.8 Å². The molecule has 0 amide bonds. The molecule has 0 aliphatic rings. The maximum atomic E-state index is 11.8. The molecule has 0 fully saturated rings. The van der Waals surface area contributed by atoms with Crippen molar-refractivity contribution in [2.75, 3.05) is 13.2 Å². The molecule has 0 aromatic heterocycles. The fourth-order valence-corrected chi connectivity index (χ4v) is 1.21. The van der Waals surface area contributed by atoms with Crippen molar-refractivity contribution in [1.29, 1.82) is 0 Å². The van der Waals surface area contributed by atoms with Gasteiger partial charge < -0.3 is 10.1 Å². The van der Waals surface area contributed by atoms with Gasteiger partial charge in [-0.15, -0.1) is 0 Å². The lowest BCUT2D eigenvalue weighted by molar-refractivity contribution is -0.0498. The van der Waals surface area contributed by atoms with Crippen LogP contribution >= 0.6 is 0 Å². The van der Waals surface area contributed by atoms with Crippen molar-refractivity contribution in [2.24, 2.45) is 0 Å². The lowest BCUT2D eigenvalue weighted by Crippen LogP contribution is -2.15. The molecule has 0 radical (unpaired) electrons. The highest BCUT2D eigenvalue weighted by Crippen LogP contribution is 2.14. The van der Waals surface area contributed by atoms with E-state index < -0.39 is 6.61 Å². The maximum Gasteiger partial charge on any atom is 0.387 e. The first-order chi connectivity index (χ1) is 7.72. The zero-order valence-electron chi connectivity index (χ0n) is 8.76. The van der Waals surface area contributed by atoms with Gasteiger partial charge >= 0.3 is 6.61 Å². The van der Waals surface area contributed by atoms with E-state index in [9.17, 15) is 13.2 Å². The summed E-state index contributed by atoms with van der Waals surface area (Å²) in [5.74, 6) is 0.141. The molecule has 16 heavy (non-hydrogen) atoms. The Labute approximate surface area is 92.4 Å². The molecule has 0 aliphatic heterocycles. The molecule has 0 bridgehead atoms. The molecule has 0 saturated heterocycles. The molecule has 0 heterocycles. The highest BCUT2D eigenvalue weighted by molar-refractivity contribution is 5.27. The van der Waals surface area contributed by atoms with Gasteiger partial charge in [-0.2, -0.15) is 8.78 Å². The number of nitrogens with one attached hydrogen (secondary N) is 1. The van der Waals surface area contributed by atoms with E-state index in [0.717, 1.165) is 5.56 Å². The maximum absolute atomic E-state index is 11.8. The summed E-state index contributed by atoms with van der Waals surface area (Å²) in [5, 5.41) is 3.03. The largest absolute Gasteiger partial charge is 0.435 e. The minimum absolute atomic E-state index is 0.141. The van der Waals surface area contributed by atoms with E-state index >= 15 is 0 Å². The lowest BCUT2D eigenvalue weighted by Gasteiger charge is -2.06. The van der Waals surface area contributed by atoms with E-state index in [-0.39, 0.29) is 12.4 Å². The normalized spacial score (nSPS) is 10.8. The second-order valence-electron chi connectivity index (χ2n) is 3.24. The van der Waals surface area contributed by atoms with Crippen LogP contribution in [0.2, 0.25) is 0 Å². The Bertz CT molecular complexity index is 290. The third-order valence-corrected chi connectivity index (χ3v) is 1.96. The fraction of sp³-hybridized carbons (Fsp3) is 0.455. The molecule has 1 N–H and O–H groups in total. The summed E-state index contributed by atoms with van der Waals surface area (Å²) in [7, 11) is 0. The van der Waals surface area contributed by atoms with Crippen LogP contribution in [0, 0.1) is 0 Å². The minimum atomic E-state index is -2.80. The highest BCUT2D eigenvalue weighted by atomic mass is 19.3. The van der Waals surface area contributed by atoms with Crippen LogP contribution < -0.4 is 10.1 Å². The third-order valence-electron chi connectivity index (χ3n) is 1.96. The number of hydrogen-bond donors (Lipinski definition) is 1. The summed E-state index contributed by atoms with van der Waals surface area (Å²) in [5.41, 5.74) is 0.945. The van der Waals surface area contributed by atoms with Crippen LogP contribution in [0.4, 0.5) is 13.2 Å². The van der Waals surface area contributed by atoms with Crippen molar-refractivity contribution < 1.29 is 17.9 Å². The second kappa shape index (κ2) is 7.11. The van der Waals surface area contributed by atoms with Crippen LogP contribution in [-0.2, 0) is 6.54 Å². The molecule has 0 unspecified atom stereocenters. The first-order valence-electron chi connectivity index (χ1n) is 5.03. The Morgan fingerprint density at radius 3 is 2.44 bits per heavy atom. The van der Waals surface area contributed by atoms with Crippen LogP contribution in [-0.4, -0.2) is 19.8 Å². The van der Waals surface area contributed by atoms with E-state index in [1.165, 1.54) is 12.1 Å². The summed E-state index contributed by atoms with van der Waals surface area (Å²) < 4.78 is 39.7. The van der Waals surface area contributed by atoms with Crippen LogP contribution in [0.3, 0.4) is 0 Å². The Hall–Kier alpha value is -1.23. The van der Waals surface area contributed by atoms with Crippen LogP contribution in [0.15, 0.2) is 24.3 Å². The number of alkyl halides is 3. The molecule has 0 aliphatic carbocycles. The van der Waals surface area contributed by atoms with Gasteiger partial charge in [0.2, 0.25) is 0 Å². The Kier molecular flexibility index (Phi) is 5.71. The molecule has 90 valence electrons. The smallest absolute Gasteiger partial charge is 0.387 e. The fourth-order valence-electron chi connectivity index (χ4n) is 1.21. The van der Waals surface area contributed by atoms with Crippen molar-refractivity contribution in [3.63, 3.8) is 0 Å². The Morgan fingerprint density at radius 1 is 1.19 bits per heavy atom. The highest BCUT2D eigenvalue weighted by Gasteiger charge is 2.03.